The molecule has 0 aliphatic heterocycles. The zero-order valence-electron chi connectivity index (χ0n) is 10.6. The number of benzene rings is 1. The quantitative estimate of drug-likeness (QED) is 0.832. The van der Waals surface area contributed by atoms with Crippen molar-refractivity contribution in [1.29, 1.82) is 0 Å². The molecule has 1 aromatic carbocycles. The smallest absolute Gasteiger partial charge is 0.233 e. The van der Waals surface area contributed by atoms with E-state index in [1.165, 1.54) is 12.1 Å². The molecule has 0 heterocycles. The van der Waals surface area contributed by atoms with E-state index in [4.69, 9.17) is 18.0 Å². The molecule has 0 bridgehead atoms. The van der Waals surface area contributed by atoms with Crippen LogP contribution < -0.4 is 11.1 Å². The first-order valence-electron chi connectivity index (χ1n) is 6.37. The molecule has 102 valence electrons. The Kier molecular flexibility index (Phi) is 4.14. The molecule has 0 radical (unpaired) electrons. The van der Waals surface area contributed by atoms with Gasteiger partial charge in [0.25, 0.3) is 0 Å². The number of rotatable bonds is 4. The predicted octanol–water partition coefficient (Wildman–Crippen LogP) is 2.29. The minimum Gasteiger partial charge on any atom is -0.392 e. The lowest BCUT2D eigenvalue weighted by atomic mass is 9.85. The van der Waals surface area contributed by atoms with Crippen molar-refractivity contribution in [3.8, 4) is 0 Å². The summed E-state index contributed by atoms with van der Waals surface area (Å²) in [6.07, 6.45) is 3.34. The van der Waals surface area contributed by atoms with Gasteiger partial charge in [-0.1, -0.05) is 37.2 Å². The second-order valence-corrected chi connectivity index (χ2v) is 5.41. The maximum absolute atomic E-state index is 13.0. The summed E-state index contributed by atoms with van der Waals surface area (Å²) >= 11 is 5.05. The highest BCUT2D eigenvalue weighted by atomic mass is 32.1. The first-order chi connectivity index (χ1) is 9.04. The van der Waals surface area contributed by atoms with Crippen molar-refractivity contribution in [2.24, 2.45) is 11.1 Å². The van der Waals surface area contributed by atoms with Crippen LogP contribution in [0.4, 0.5) is 4.39 Å². The minimum absolute atomic E-state index is 0.137. The van der Waals surface area contributed by atoms with Gasteiger partial charge >= 0.3 is 0 Å². The lowest BCUT2D eigenvalue weighted by molar-refractivity contribution is -0.127. The van der Waals surface area contributed by atoms with Gasteiger partial charge in [0.1, 0.15) is 5.82 Å². The third-order valence-electron chi connectivity index (χ3n) is 3.71. The minimum atomic E-state index is -0.706. The molecule has 1 fully saturated rings. The predicted molar refractivity (Wildman–Crippen MR) is 75.9 cm³/mol. The van der Waals surface area contributed by atoms with Crippen LogP contribution in [0.1, 0.15) is 31.2 Å². The van der Waals surface area contributed by atoms with Gasteiger partial charge in [0, 0.05) is 6.54 Å². The molecule has 1 aromatic rings. The summed E-state index contributed by atoms with van der Waals surface area (Å²) in [7, 11) is 0. The van der Waals surface area contributed by atoms with Crippen molar-refractivity contribution in [3.63, 3.8) is 0 Å². The first-order valence-corrected chi connectivity index (χ1v) is 6.78. The average Bonchev–Trinajstić information content (AvgIpc) is 2.86. The fourth-order valence-electron chi connectivity index (χ4n) is 2.56. The number of nitrogens with two attached hydrogens (primary N) is 1. The Morgan fingerprint density at radius 3 is 2.68 bits per heavy atom. The van der Waals surface area contributed by atoms with Crippen molar-refractivity contribution in [2.45, 2.75) is 32.2 Å². The number of nitrogens with one attached hydrogen (secondary N) is 1. The SMILES string of the molecule is NC(=S)C1(C(=O)NCc2cccc(F)c2)CCCC1. The summed E-state index contributed by atoms with van der Waals surface area (Å²) in [5, 5.41) is 2.82. The lowest BCUT2D eigenvalue weighted by Gasteiger charge is -2.26. The van der Waals surface area contributed by atoms with Crippen LogP contribution in [0.3, 0.4) is 0 Å². The van der Waals surface area contributed by atoms with Crippen molar-refractivity contribution >= 4 is 23.1 Å². The zero-order valence-corrected chi connectivity index (χ0v) is 11.4. The molecule has 1 aliphatic rings. The number of halogens is 1. The van der Waals surface area contributed by atoms with Crippen LogP contribution >= 0.6 is 12.2 Å². The van der Waals surface area contributed by atoms with E-state index in [2.05, 4.69) is 5.32 Å². The van der Waals surface area contributed by atoms with Crippen LogP contribution in [0.25, 0.3) is 0 Å². The third kappa shape index (κ3) is 2.92. The van der Waals surface area contributed by atoms with Gasteiger partial charge in [0.05, 0.1) is 10.4 Å². The van der Waals surface area contributed by atoms with Crippen molar-refractivity contribution < 1.29 is 9.18 Å². The topological polar surface area (TPSA) is 55.1 Å². The summed E-state index contributed by atoms with van der Waals surface area (Å²) in [6, 6.07) is 6.17. The van der Waals surface area contributed by atoms with Crippen LogP contribution in [-0.4, -0.2) is 10.9 Å². The number of amides is 1. The Balaban J connectivity index is 2.02. The highest BCUT2D eigenvalue weighted by molar-refractivity contribution is 7.80. The summed E-state index contributed by atoms with van der Waals surface area (Å²) in [5.41, 5.74) is 5.76. The lowest BCUT2D eigenvalue weighted by Crippen LogP contribution is -2.46. The number of thiocarbonyl (C=S) groups is 1. The zero-order chi connectivity index (χ0) is 13.9. The second-order valence-electron chi connectivity index (χ2n) is 4.97. The molecule has 19 heavy (non-hydrogen) atoms. The van der Waals surface area contributed by atoms with E-state index in [0.717, 1.165) is 18.4 Å². The Morgan fingerprint density at radius 2 is 2.11 bits per heavy atom. The van der Waals surface area contributed by atoms with Gasteiger partial charge in [0.15, 0.2) is 0 Å². The van der Waals surface area contributed by atoms with Crippen molar-refractivity contribution in [1.82, 2.24) is 5.32 Å². The maximum Gasteiger partial charge on any atom is 0.233 e. The fraction of sp³-hybridized carbons (Fsp3) is 0.429. The molecular formula is C14H17FN2OS. The van der Waals surface area contributed by atoms with E-state index >= 15 is 0 Å². The van der Waals surface area contributed by atoms with Crippen molar-refractivity contribution in [3.05, 3.63) is 35.6 Å². The maximum atomic E-state index is 13.0. The van der Waals surface area contributed by atoms with Gasteiger partial charge < -0.3 is 11.1 Å². The summed E-state index contributed by atoms with van der Waals surface area (Å²) < 4.78 is 13.0. The van der Waals surface area contributed by atoms with E-state index < -0.39 is 5.41 Å². The number of hydrogen-bond donors (Lipinski definition) is 2. The van der Waals surface area contributed by atoms with Crippen LogP contribution in [0, 0.1) is 11.2 Å². The molecular weight excluding hydrogens is 263 g/mol. The summed E-state index contributed by atoms with van der Waals surface area (Å²) in [4.78, 5) is 12.6. The molecule has 0 atom stereocenters. The van der Waals surface area contributed by atoms with Gasteiger partial charge in [0.2, 0.25) is 5.91 Å². The molecule has 0 aromatic heterocycles. The largest absolute Gasteiger partial charge is 0.392 e. The summed E-state index contributed by atoms with van der Waals surface area (Å²) in [6.45, 7) is 0.293. The Hall–Kier alpha value is -1.49. The normalized spacial score (nSPS) is 17.1. The molecule has 1 amide bonds. The van der Waals surface area contributed by atoms with Crippen LogP contribution in [0.5, 0.6) is 0 Å². The highest BCUT2D eigenvalue weighted by Crippen LogP contribution is 2.38. The molecule has 1 saturated carbocycles. The fourth-order valence-corrected chi connectivity index (χ4v) is 2.86. The molecule has 2 rings (SSSR count). The number of carbonyl (C=O) groups excluding carboxylic acids is 1. The van der Waals surface area contributed by atoms with E-state index in [9.17, 15) is 9.18 Å². The Morgan fingerprint density at radius 1 is 1.42 bits per heavy atom. The van der Waals surface area contributed by atoms with Gasteiger partial charge in [-0.3, -0.25) is 4.79 Å². The highest BCUT2D eigenvalue weighted by Gasteiger charge is 2.43. The first kappa shape index (κ1) is 13.9. The molecule has 0 spiro atoms. The second kappa shape index (κ2) is 5.65. The van der Waals surface area contributed by atoms with Crippen LogP contribution in [0.15, 0.2) is 24.3 Å². The third-order valence-corrected chi connectivity index (χ3v) is 4.10. The monoisotopic (exact) mass is 280 g/mol. The number of hydrogen-bond acceptors (Lipinski definition) is 2. The van der Waals surface area contributed by atoms with E-state index in [1.54, 1.807) is 12.1 Å². The van der Waals surface area contributed by atoms with Gasteiger partial charge in [-0.2, -0.15) is 0 Å². The number of carbonyl (C=O) groups is 1. The van der Waals surface area contributed by atoms with Crippen molar-refractivity contribution in [2.75, 3.05) is 0 Å². The summed E-state index contributed by atoms with van der Waals surface area (Å²) in [5.74, 6) is -0.446. The van der Waals surface area contributed by atoms with Gasteiger partial charge in [-0.25, -0.2) is 4.39 Å². The van der Waals surface area contributed by atoms with E-state index in [-0.39, 0.29) is 16.7 Å². The molecule has 3 nitrogen and oxygen atoms in total. The molecule has 5 heteroatoms. The van der Waals surface area contributed by atoms with Gasteiger partial charge in [-0.05, 0) is 30.5 Å². The average molecular weight is 280 g/mol. The molecule has 0 unspecified atom stereocenters. The van der Waals surface area contributed by atoms with E-state index in [1.807, 2.05) is 0 Å². The molecule has 0 saturated heterocycles. The molecule has 3 N–H and O–H groups in total. The van der Waals surface area contributed by atoms with Crippen LogP contribution in [0.2, 0.25) is 0 Å². The van der Waals surface area contributed by atoms with Gasteiger partial charge in [-0.15, -0.1) is 0 Å². The Bertz CT molecular complexity index is 498. The Labute approximate surface area is 117 Å². The standard InChI is InChI=1S/C14H17FN2OS/c15-11-5-3-4-10(8-11)9-17-13(18)14(12(16)19)6-1-2-7-14/h3-5,8H,1-2,6-7,9H2,(H2,16,19)(H,17,18). The van der Waals surface area contributed by atoms with Crippen LogP contribution in [-0.2, 0) is 11.3 Å². The van der Waals surface area contributed by atoms with E-state index in [0.29, 0.717) is 19.4 Å². The molecule has 1 aliphatic carbocycles.